The van der Waals surface area contributed by atoms with Crippen molar-refractivity contribution in [1.82, 2.24) is 4.98 Å². The summed E-state index contributed by atoms with van der Waals surface area (Å²) in [6.45, 7) is 6.76. The summed E-state index contributed by atoms with van der Waals surface area (Å²) < 4.78 is 5.86. The normalized spacial score (nSPS) is 10.7. The topological polar surface area (TPSA) is 72.0 Å². The third-order valence-electron chi connectivity index (χ3n) is 3.11. The number of nitrogen functional groups attached to an aromatic ring is 1. The average Bonchev–Trinajstić information content (AvgIpc) is 2.45. The highest BCUT2D eigenvalue weighted by Gasteiger charge is 2.10. The Morgan fingerprint density at radius 3 is 2.57 bits per heavy atom. The molecule has 0 atom stereocenters. The molecule has 1 aromatic heterocycles. The van der Waals surface area contributed by atoms with Crippen LogP contribution in [0.2, 0.25) is 0 Å². The van der Waals surface area contributed by atoms with Crippen molar-refractivity contribution in [3.8, 4) is 17.0 Å². The standard InChI is InChI=1S/C17H21N3O/c1-11(2)10-21-16-7-5-4-6-14(16)15-9-8-13(17(18)19)12(3)20-15/h4-9,11H,10H2,1-3H3,(H3,18,19). The summed E-state index contributed by atoms with van der Waals surface area (Å²) in [6, 6.07) is 11.6. The lowest BCUT2D eigenvalue weighted by Gasteiger charge is -2.13. The first-order valence-corrected chi connectivity index (χ1v) is 7.03. The summed E-state index contributed by atoms with van der Waals surface area (Å²) >= 11 is 0. The van der Waals surface area contributed by atoms with Crippen molar-refractivity contribution in [2.45, 2.75) is 20.8 Å². The number of para-hydroxylation sites is 1. The van der Waals surface area contributed by atoms with Crippen molar-refractivity contribution in [3.05, 3.63) is 47.7 Å². The molecule has 1 heterocycles. The lowest BCUT2D eigenvalue weighted by atomic mass is 10.1. The fourth-order valence-electron chi connectivity index (χ4n) is 2.06. The Bertz CT molecular complexity index is 650. The number of amidine groups is 1. The molecule has 21 heavy (non-hydrogen) atoms. The number of nitrogens with two attached hydrogens (primary N) is 1. The van der Waals surface area contributed by atoms with Gasteiger partial charge in [0.25, 0.3) is 0 Å². The number of hydrogen-bond donors (Lipinski definition) is 2. The Morgan fingerprint density at radius 2 is 1.95 bits per heavy atom. The summed E-state index contributed by atoms with van der Waals surface area (Å²) in [7, 11) is 0. The highest BCUT2D eigenvalue weighted by Crippen LogP contribution is 2.29. The molecule has 4 nitrogen and oxygen atoms in total. The van der Waals surface area contributed by atoms with Crippen molar-refractivity contribution >= 4 is 5.84 Å². The van der Waals surface area contributed by atoms with Crippen LogP contribution in [-0.2, 0) is 0 Å². The molecule has 0 bridgehead atoms. The molecule has 110 valence electrons. The first-order chi connectivity index (χ1) is 9.99. The number of rotatable bonds is 5. The van der Waals surface area contributed by atoms with Gasteiger partial charge < -0.3 is 10.5 Å². The number of benzene rings is 1. The van der Waals surface area contributed by atoms with Crippen molar-refractivity contribution < 1.29 is 4.74 Å². The van der Waals surface area contributed by atoms with E-state index in [4.69, 9.17) is 15.9 Å². The zero-order valence-electron chi connectivity index (χ0n) is 12.7. The number of hydrogen-bond acceptors (Lipinski definition) is 3. The molecule has 0 saturated heterocycles. The van der Waals surface area contributed by atoms with E-state index < -0.39 is 0 Å². The van der Waals surface area contributed by atoms with Crippen LogP contribution in [-0.4, -0.2) is 17.4 Å². The van der Waals surface area contributed by atoms with Crippen LogP contribution in [0.25, 0.3) is 11.3 Å². The van der Waals surface area contributed by atoms with Gasteiger partial charge in [-0.3, -0.25) is 10.4 Å². The minimum absolute atomic E-state index is 0.0379. The number of aryl methyl sites for hydroxylation is 1. The Morgan fingerprint density at radius 1 is 1.24 bits per heavy atom. The number of aromatic nitrogens is 1. The van der Waals surface area contributed by atoms with E-state index in [9.17, 15) is 0 Å². The Kier molecular flexibility index (Phi) is 4.58. The fourth-order valence-corrected chi connectivity index (χ4v) is 2.06. The minimum atomic E-state index is 0.0379. The quantitative estimate of drug-likeness (QED) is 0.652. The largest absolute Gasteiger partial charge is 0.493 e. The van der Waals surface area contributed by atoms with E-state index in [0.717, 1.165) is 22.7 Å². The molecular formula is C17H21N3O. The molecule has 0 saturated carbocycles. The first-order valence-electron chi connectivity index (χ1n) is 7.03. The van der Waals surface area contributed by atoms with Crippen LogP contribution in [0.3, 0.4) is 0 Å². The van der Waals surface area contributed by atoms with Crippen molar-refractivity contribution in [2.75, 3.05) is 6.61 Å². The molecule has 0 unspecified atom stereocenters. The van der Waals surface area contributed by atoms with E-state index in [1.54, 1.807) is 0 Å². The number of nitrogens with one attached hydrogen (secondary N) is 1. The van der Waals surface area contributed by atoms with E-state index in [1.807, 2.05) is 43.3 Å². The van der Waals surface area contributed by atoms with E-state index in [-0.39, 0.29) is 5.84 Å². The molecule has 1 aromatic carbocycles. The maximum absolute atomic E-state index is 7.52. The molecule has 3 N–H and O–H groups in total. The Balaban J connectivity index is 2.38. The molecule has 2 rings (SSSR count). The van der Waals surface area contributed by atoms with Crippen molar-refractivity contribution in [3.63, 3.8) is 0 Å². The molecular weight excluding hydrogens is 262 g/mol. The third-order valence-corrected chi connectivity index (χ3v) is 3.11. The van der Waals surface area contributed by atoms with E-state index in [0.29, 0.717) is 18.1 Å². The second-order valence-corrected chi connectivity index (χ2v) is 5.44. The molecule has 0 spiro atoms. The van der Waals surface area contributed by atoms with Gasteiger partial charge in [-0.05, 0) is 37.1 Å². The van der Waals surface area contributed by atoms with Gasteiger partial charge in [0.15, 0.2) is 0 Å². The maximum Gasteiger partial charge on any atom is 0.128 e. The third kappa shape index (κ3) is 3.60. The van der Waals surface area contributed by atoms with Crippen LogP contribution < -0.4 is 10.5 Å². The predicted molar refractivity (Wildman–Crippen MR) is 85.8 cm³/mol. The van der Waals surface area contributed by atoms with Crippen LogP contribution in [0, 0.1) is 18.3 Å². The number of ether oxygens (including phenoxy) is 1. The Hall–Kier alpha value is -2.36. The molecule has 4 heteroatoms. The molecule has 2 aromatic rings. The first kappa shape index (κ1) is 15.0. The van der Waals surface area contributed by atoms with Crippen LogP contribution in [0.15, 0.2) is 36.4 Å². The predicted octanol–water partition coefficient (Wildman–Crippen LogP) is 3.38. The van der Waals surface area contributed by atoms with Crippen LogP contribution in [0.5, 0.6) is 5.75 Å². The summed E-state index contributed by atoms with van der Waals surface area (Å²) in [5.74, 6) is 1.33. The van der Waals surface area contributed by atoms with Gasteiger partial charge in [-0.25, -0.2) is 0 Å². The monoisotopic (exact) mass is 283 g/mol. The summed E-state index contributed by atoms with van der Waals surface area (Å²) in [5.41, 5.74) is 8.73. The molecule has 0 radical (unpaired) electrons. The molecule has 0 fully saturated rings. The highest BCUT2D eigenvalue weighted by molar-refractivity contribution is 5.96. The van der Waals surface area contributed by atoms with Gasteiger partial charge in [-0.1, -0.05) is 26.0 Å². The smallest absolute Gasteiger partial charge is 0.128 e. The maximum atomic E-state index is 7.52. The van der Waals surface area contributed by atoms with Crippen molar-refractivity contribution in [1.29, 1.82) is 5.41 Å². The fraction of sp³-hybridized carbons (Fsp3) is 0.294. The van der Waals surface area contributed by atoms with E-state index >= 15 is 0 Å². The molecule has 0 aliphatic heterocycles. The summed E-state index contributed by atoms with van der Waals surface area (Å²) in [5, 5.41) is 7.52. The van der Waals surface area contributed by atoms with E-state index in [2.05, 4.69) is 18.8 Å². The number of pyridine rings is 1. The van der Waals surface area contributed by atoms with Gasteiger partial charge in [-0.2, -0.15) is 0 Å². The lowest BCUT2D eigenvalue weighted by molar-refractivity contribution is 0.272. The SMILES string of the molecule is Cc1nc(-c2ccccc2OCC(C)C)ccc1C(=N)N. The summed E-state index contributed by atoms with van der Waals surface area (Å²) in [4.78, 5) is 4.55. The van der Waals surface area contributed by atoms with Gasteiger partial charge >= 0.3 is 0 Å². The lowest BCUT2D eigenvalue weighted by Crippen LogP contribution is -2.13. The zero-order valence-corrected chi connectivity index (χ0v) is 12.7. The van der Waals surface area contributed by atoms with Crippen LogP contribution in [0.4, 0.5) is 0 Å². The van der Waals surface area contributed by atoms with Gasteiger partial charge in [0, 0.05) is 16.8 Å². The molecule has 0 amide bonds. The average molecular weight is 283 g/mol. The number of nitrogens with zero attached hydrogens (tertiary/aromatic N) is 1. The molecule has 0 aliphatic rings. The molecule has 0 aliphatic carbocycles. The Labute approximate surface area is 125 Å². The second kappa shape index (κ2) is 6.39. The van der Waals surface area contributed by atoms with Crippen LogP contribution in [0.1, 0.15) is 25.1 Å². The van der Waals surface area contributed by atoms with Gasteiger partial charge in [0.2, 0.25) is 0 Å². The van der Waals surface area contributed by atoms with Gasteiger partial charge in [0.05, 0.1) is 12.3 Å². The zero-order chi connectivity index (χ0) is 15.4. The summed E-state index contributed by atoms with van der Waals surface area (Å²) in [6.07, 6.45) is 0. The van der Waals surface area contributed by atoms with Crippen molar-refractivity contribution in [2.24, 2.45) is 11.7 Å². The van der Waals surface area contributed by atoms with Crippen LogP contribution >= 0.6 is 0 Å². The minimum Gasteiger partial charge on any atom is -0.493 e. The van der Waals surface area contributed by atoms with E-state index in [1.165, 1.54) is 0 Å². The second-order valence-electron chi connectivity index (χ2n) is 5.44. The van der Waals surface area contributed by atoms with Gasteiger partial charge in [-0.15, -0.1) is 0 Å². The highest BCUT2D eigenvalue weighted by atomic mass is 16.5. The van der Waals surface area contributed by atoms with Gasteiger partial charge in [0.1, 0.15) is 11.6 Å².